The van der Waals surface area contributed by atoms with Gasteiger partial charge in [0.15, 0.2) is 0 Å². The van der Waals surface area contributed by atoms with Crippen LogP contribution in [-0.2, 0) is 4.79 Å². The highest BCUT2D eigenvalue weighted by molar-refractivity contribution is 5.80. The Labute approximate surface area is 109 Å². The van der Waals surface area contributed by atoms with Crippen molar-refractivity contribution in [3.8, 4) is 0 Å². The van der Waals surface area contributed by atoms with E-state index < -0.39 is 0 Å². The molecule has 1 saturated heterocycles. The molecule has 2 rings (SSSR count). The van der Waals surface area contributed by atoms with E-state index in [0.29, 0.717) is 5.92 Å². The first-order valence-corrected chi connectivity index (χ1v) is 6.65. The second kappa shape index (κ2) is 5.53. The number of hydrogen-bond acceptors (Lipinski definition) is 2. The molecule has 0 radical (unpaired) electrons. The summed E-state index contributed by atoms with van der Waals surface area (Å²) >= 11 is 0. The summed E-state index contributed by atoms with van der Waals surface area (Å²) in [6.45, 7) is 7.97. The summed E-state index contributed by atoms with van der Waals surface area (Å²) in [5.41, 5.74) is 2.40. The second-order valence-corrected chi connectivity index (χ2v) is 5.38. The van der Waals surface area contributed by atoms with E-state index in [0.717, 1.165) is 18.7 Å². The molecule has 3 nitrogen and oxygen atoms in total. The van der Waals surface area contributed by atoms with Gasteiger partial charge in [0.05, 0.1) is 12.0 Å². The molecule has 3 atom stereocenters. The van der Waals surface area contributed by atoms with Crippen LogP contribution in [0.25, 0.3) is 0 Å². The van der Waals surface area contributed by atoms with Crippen molar-refractivity contribution >= 4 is 5.91 Å². The first-order chi connectivity index (χ1) is 8.58. The highest BCUT2D eigenvalue weighted by atomic mass is 16.2. The molecule has 0 saturated carbocycles. The number of carbonyl (C=O) groups excluding carboxylic acids is 1. The van der Waals surface area contributed by atoms with E-state index >= 15 is 0 Å². The van der Waals surface area contributed by atoms with E-state index in [1.54, 1.807) is 0 Å². The van der Waals surface area contributed by atoms with Crippen LogP contribution in [0.1, 0.15) is 31.0 Å². The van der Waals surface area contributed by atoms with Gasteiger partial charge < -0.3 is 10.6 Å². The quantitative estimate of drug-likeness (QED) is 0.857. The number of nitrogens with one attached hydrogen (secondary N) is 2. The van der Waals surface area contributed by atoms with E-state index in [1.807, 2.05) is 6.92 Å². The number of aryl methyl sites for hydroxylation is 1. The smallest absolute Gasteiger partial charge is 0.225 e. The van der Waals surface area contributed by atoms with E-state index in [2.05, 4.69) is 48.7 Å². The summed E-state index contributed by atoms with van der Waals surface area (Å²) in [5.74, 6) is 0.702. The van der Waals surface area contributed by atoms with Crippen molar-refractivity contribution in [1.82, 2.24) is 10.6 Å². The maximum absolute atomic E-state index is 12.2. The third kappa shape index (κ3) is 2.91. The van der Waals surface area contributed by atoms with Crippen LogP contribution in [-0.4, -0.2) is 19.0 Å². The highest BCUT2D eigenvalue weighted by Crippen LogP contribution is 2.19. The van der Waals surface area contributed by atoms with Crippen LogP contribution in [0.15, 0.2) is 24.3 Å². The maximum Gasteiger partial charge on any atom is 0.225 e. The lowest BCUT2D eigenvalue weighted by atomic mass is 9.96. The maximum atomic E-state index is 12.2. The summed E-state index contributed by atoms with van der Waals surface area (Å²) in [4.78, 5) is 12.2. The average molecular weight is 246 g/mol. The van der Waals surface area contributed by atoms with Crippen LogP contribution in [0.5, 0.6) is 0 Å². The fourth-order valence-electron chi connectivity index (χ4n) is 2.42. The molecule has 1 aliphatic rings. The van der Waals surface area contributed by atoms with Crippen molar-refractivity contribution in [3.05, 3.63) is 35.4 Å². The number of hydrogen-bond donors (Lipinski definition) is 2. The molecule has 98 valence electrons. The predicted octanol–water partition coefficient (Wildman–Crippen LogP) is 2.03. The van der Waals surface area contributed by atoms with Crippen molar-refractivity contribution in [2.75, 3.05) is 13.1 Å². The zero-order chi connectivity index (χ0) is 13.1. The summed E-state index contributed by atoms with van der Waals surface area (Å²) in [5, 5.41) is 6.37. The van der Waals surface area contributed by atoms with Crippen molar-refractivity contribution in [2.45, 2.75) is 26.8 Å². The Hall–Kier alpha value is -1.35. The Morgan fingerprint density at radius 3 is 2.56 bits per heavy atom. The van der Waals surface area contributed by atoms with Gasteiger partial charge in [-0.05, 0) is 31.9 Å². The van der Waals surface area contributed by atoms with Gasteiger partial charge in [0, 0.05) is 6.54 Å². The summed E-state index contributed by atoms with van der Waals surface area (Å²) in [6.07, 6.45) is 0. The van der Waals surface area contributed by atoms with E-state index in [4.69, 9.17) is 0 Å². The summed E-state index contributed by atoms with van der Waals surface area (Å²) in [7, 11) is 0. The van der Waals surface area contributed by atoms with Gasteiger partial charge >= 0.3 is 0 Å². The molecular weight excluding hydrogens is 224 g/mol. The molecule has 1 aromatic carbocycles. The topological polar surface area (TPSA) is 41.1 Å². The first-order valence-electron chi connectivity index (χ1n) is 6.65. The summed E-state index contributed by atoms with van der Waals surface area (Å²) < 4.78 is 0. The largest absolute Gasteiger partial charge is 0.349 e. The van der Waals surface area contributed by atoms with Crippen LogP contribution in [0, 0.1) is 18.8 Å². The molecule has 2 N–H and O–H groups in total. The third-order valence-electron chi connectivity index (χ3n) is 3.79. The van der Waals surface area contributed by atoms with Gasteiger partial charge in [0.2, 0.25) is 5.91 Å². The molecule has 1 amide bonds. The van der Waals surface area contributed by atoms with Crippen molar-refractivity contribution in [1.29, 1.82) is 0 Å². The van der Waals surface area contributed by atoms with Gasteiger partial charge in [0.25, 0.3) is 0 Å². The lowest BCUT2D eigenvalue weighted by Crippen LogP contribution is -2.35. The van der Waals surface area contributed by atoms with Crippen molar-refractivity contribution < 1.29 is 4.79 Å². The average Bonchev–Trinajstić information content (AvgIpc) is 2.76. The SMILES string of the molecule is Cc1ccc([C@@H](C)NC(=O)C2CNCC2C)cc1. The molecule has 2 unspecified atom stereocenters. The van der Waals surface area contributed by atoms with Gasteiger partial charge in [-0.3, -0.25) is 4.79 Å². The van der Waals surface area contributed by atoms with Crippen LogP contribution < -0.4 is 10.6 Å². The lowest BCUT2D eigenvalue weighted by molar-refractivity contribution is -0.126. The molecule has 1 heterocycles. The zero-order valence-corrected chi connectivity index (χ0v) is 11.4. The molecular formula is C15H22N2O. The fourth-order valence-corrected chi connectivity index (χ4v) is 2.42. The number of rotatable bonds is 3. The number of benzene rings is 1. The van der Waals surface area contributed by atoms with E-state index in [1.165, 1.54) is 5.56 Å². The van der Waals surface area contributed by atoms with Crippen LogP contribution in [0.2, 0.25) is 0 Å². The normalized spacial score (nSPS) is 24.8. The van der Waals surface area contributed by atoms with E-state index in [9.17, 15) is 4.79 Å². The van der Waals surface area contributed by atoms with Gasteiger partial charge in [-0.1, -0.05) is 36.8 Å². The fraction of sp³-hybridized carbons (Fsp3) is 0.533. The minimum absolute atomic E-state index is 0.0749. The summed E-state index contributed by atoms with van der Waals surface area (Å²) in [6, 6.07) is 8.40. The van der Waals surface area contributed by atoms with Crippen LogP contribution in [0.3, 0.4) is 0 Å². The minimum Gasteiger partial charge on any atom is -0.349 e. The zero-order valence-electron chi connectivity index (χ0n) is 11.4. The Balaban J connectivity index is 1.96. The molecule has 3 heteroatoms. The van der Waals surface area contributed by atoms with Gasteiger partial charge in [0.1, 0.15) is 0 Å². The van der Waals surface area contributed by atoms with Gasteiger partial charge in [-0.15, -0.1) is 0 Å². The predicted molar refractivity (Wildman–Crippen MR) is 73.3 cm³/mol. The monoisotopic (exact) mass is 246 g/mol. The van der Waals surface area contributed by atoms with Crippen LogP contribution >= 0.6 is 0 Å². The second-order valence-electron chi connectivity index (χ2n) is 5.38. The Kier molecular flexibility index (Phi) is 4.02. The Morgan fingerprint density at radius 2 is 2.00 bits per heavy atom. The van der Waals surface area contributed by atoms with Gasteiger partial charge in [-0.25, -0.2) is 0 Å². The lowest BCUT2D eigenvalue weighted by Gasteiger charge is -2.19. The van der Waals surface area contributed by atoms with Crippen LogP contribution in [0.4, 0.5) is 0 Å². The number of carbonyl (C=O) groups is 1. The molecule has 0 aliphatic carbocycles. The molecule has 1 fully saturated rings. The van der Waals surface area contributed by atoms with E-state index in [-0.39, 0.29) is 17.9 Å². The highest BCUT2D eigenvalue weighted by Gasteiger charge is 2.30. The standard InChI is InChI=1S/C15H22N2O/c1-10-4-6-13(7-5-10)12(3)17-15(18)14-9-16-8-11(14)2/h4-7,11-12,14,16H,8-9H2,1-3H3,(H,17,18)/t11?,12-,14?/m1/s1. The molecule has 1 aliphatic heterocycles. The first kappa shape index (κ1) is 13.1. The van der Waals surface area contributed by atoms with Crippen molar-refractivity contribution in [2.24, 2.45) is 11.8 Å². The molecule has 1 aromatic rings. The Bertz CT molecular complexity index is 413. The molecule has 0 aromatic heterocycles. The van der Waals surface area contributed by atoms with Gasteiger partial charge in [-0.2, -0.15) is 0 Å². The molecule has 0 spiro atoms. The molecule has 18 heavy (non-hydrogen) atoms. The third-order valence-corrected chi connectivity index (χ3v) is 3.79. The Morgan fingerprint density at radius 1 is 1.33 bits per heavy atom. The number of amides is 1. The molecule has 0 bridgehead atoms. The minimum atomic E-state index is 0.0749. The van der Waals surface area contributed by atoms with Crippen molar-refractivity contribution in [3.63, 3.8) is 0 Å².